The van der Waals surface area contributed by atoms with E-state index in [0.717, 1.165) is 16.9 Å². The number of aromatic nitrogens is 2. The van der Waals surface area contributed by atoms with Gasteiger partial charge in [0.15, 0.2) is 0 Å². The molecular weight excluding hydrogens is 364 g/mol. The highest BCUT2D eigenvalue weighted by molar-refractivity contribution is 5.89. The number of nitrogens with zero attached hydrogens (tertiary/aromatic N) is 2. The standard InChI is InChI=1S/C24H20N2O3/c27-24(20-13-11-19(12-14-20)17-26-16-6-15-25-26)28-18-21-7-4-5-10-23(21)29-22-8-2-1-3-9-22/h1-16H,17-18H2. The van der Waals surface area contributed by atoms with E-state index in [1.807, 2.05) is 83.7 Å². The van der Waals surface area contributed by atoms with Gasteiger partial charge in [0.05, 0.1) is 12.1 Å². The molecule has 5 heteroatoms. The summed E-state index contributed by atoms with van der Waals surface area (Å²) in [7, 11) is 0. The number of hydrogen-bond donors (Lipinski definition) is 0. The molecule has 0 N–H and O–H groups in total. The smallest absolute Gasteiger partial charge is 0.338 e. The zero-order valence-corrected chi connectivity index (χ0v) is 15.8. The highest BCUT2D eigenvalue weighted by atomic mass is 16.5. The van der Waals surface area contributed by atoms with Crippen molar-refractivity contribution in [2.24, 2.45) is 0 Å². The van der Waals surface area contributed by atoms with E-state index in [9.17, 15) is 4.79 Å². The number of benzene rings is 3. The van der Waals surface area contributed by atoms with Gasteiger partial charge >= 0.3 is 5.97 Å². The maximum absolute atomic E-state index is 12.4. The molecule has 0 atom stereocenters. The molecule has 0 bridgehead atoms. The zero-order chi connectivity index (χ0) is 19.9. The summed E-state index contributed by atoms with van der Waals surface area (Å²) in [4.78, 5) is 12.4. The van der Waals surface area contributed by atoms with Gasteiger partial charge < -0.3 is 9.47 Å². The lowest BCUT2D eigenvalue weighted by Crippen LogP contribution is -2.06. The summed E-state index contributed by atoms with van der Waals surface area (Å²) in [5.41, 5.74) is 2.38. The van der Waals surface area contributed by atoms with E-state index in [1.165, 1.54) is 0 Å². The van der Waals surface area contributed by atoms with Crippen LogP contribution in [0.15, 0.2) is 97.3 Å². The van der Waals surface area contributed by atoms with Crippen molar-refractivity contribution in [3.63, 3.8) is 0 Å². The molecule has 144 valence electrons. The van der Waals surface area contributed by atoms with Gasteiger partial charge in [-0.2, -0.15) is 5.10 Å². The summed E-state index contributed by atoms with van der Waals surface area (Å²) in [6.45, 7) is 0.795. The van der Waals surface area contributed by atoms with E-state index in [2.05, 4.69) is 5.10 Å². The Morgan fingerprint density at radius 3 is 2.38 bits per heavy atom. The van der Waals surface area contributed by atoms with Gasteiger partial charge in [0.25, 0.3) is 0 Å². The first-order chi connectivity index (χ1) is 14.3. The van der Waals surface area contributed by atoms with Crippen molar-refractivity contribution in [2.45, 2.75) is 13.2 Å². The summed E-state index contributed by atoms with van der Waals surface area (Å²) in [6, 6.07) is 26.3. The van der Waals surface area contributed by atoms with Gasteiger partial charge in [0, 0.05) is 18.0 Å². The van der Waals surface area contributed by atoms with Crippen LogP contribution in [0.2, 0.25) is 0 Å². The predicted octanol–water partition coefficient (Wildman–Crippen LogP) is 5.08. The molecule has 0 aliphatic carbocycles. The number of carbonyl (C=O) groups is 1. The van der Waals surface area contributed by atoms with Gasteiger partial charge in [-0.3, -0.25) is 4.68 Å². The minimum atomic E-state index is -0.370. The second-order valence-corrected chi connectivity index (χ2v) is 6.50. The fourth-order valence-corrected chi connectivity index (χ4v) is 2.89. The van der Waals surface area contributed by atoms with Crippen LogP contribution in [0, 0.1) is 0 Å². The minimum absolute atomic E-state index is 0.136. The monoisotopic (exact) mass is 384 g/mol. The van der Waals surface area contributed by atoms with Crippen LogP contribution < -0.4 is 4.74 Å². The fraction of sp³-hybridized carbons (Fsp3) is 0.0833. The molecule has 0 aliphatic heterocycles. The SMILES string of the molecule is O=C(OCc1ccccc1Oc1ccccc1)c1ccc(Cn2cccn2)cc1. The average Bonchev–Trinajstić information content (AvgIpc) is 3.27. The van der Waals surface area contributed by atoms with E-state index < -0.39 is 0 Å². The molecule has 0 aliphatic rings. The normalized spacial score (nSPS) is 10.5. The lowest BCUT2D eigenvalue weighted by atomic mass is 10.1. The maximum Gasteiger partial charge on any atom is 0.338 e. The highest BCUT2D eigenvalue weighted by Crippen LogP contribution is 2.25. The summed E-state index contributed by atoms with van der Waals surface area (Å²) in [5.74, 6) is 1.03. The van der Waals surface area contributed by atoms with Crippen LogP contribution in [0.5, 0.6) is 11.5 Å². The molecule has 1 heterocycles. The summed E-state index contributed by atoms with van der Waals surface area (Å²) in [6.07, 6.45) is 3.64. The molecule has 0 unspecified atom stereocenters. The van der Waals surface area contributed by atoms with Crippen molar-refractivity contribution in [3.05, 3.63) is 114 Å². The second-order valence-electron chi connectivity index (χ2n) is 6.50. The van der Waals surface area contributed by atoms with Crippen molar-refractivity contribution in [3.8, 4) is 11.5 Å². The first-order valence-corrected chi connectivity index (χ1v) is 9.32. The Bertz CT molecular complexity index is 1060. The van der Waals surface area contributed by atoms with Crippen molar-refractivity contribution in [1.29, 1.82) is 0 Å². The van der Waals surface area contributed by atoms with Crippen LogP contribution in [-0.2, 0) is 17.9 Å². The first kappa shape index (κ1) is 18.5. The van der Waals surface area contributed by atoms with Gasteiger partial charge in [-0.1, -0.05) is 48.5 Å². The van der Waals surface area contributed by atoms with Crippen LogP contribution in [-0.4, -0.2) is 15.7 Å². The van der Waals surface area contributed by atoms with Crippen LogP contribution in [0.3, 0.4) is 0 Å². The minimum Gasteiger partial charge on any atom is -0.457 e. The van der Waals surface area contributed by atoms with Crippen LogP contribution >= 0.6 is 0 Å². The average molecular weight is 384 g/mol. The molecule has 0 saturated heterocycles. The number of rotatable bonds is 7. The third kappa shape index (κ3) is 4.90. The van der Waals surface area contributed by atoms with E-state index in [0.29, 0.717) is 17.9 Å². The van der Waals surface area contributed by atoms with E-state index in [-0.39, 0.29) is 12.6 Å². The Labute approximate surface area is 169 Å². The van der Waals surface area contributed by atoms with Crippen molar-refractivity contribution < 1.29 is 14.3 Å². The third-order valence-electron chi connectivity index (χ3n) is 4.40. The number of ether oxygens (including phenoxy) is 2. The lowest BCUT2D eigenvalue weighted by molar-refractivity contribution is 0.0471. The number of hydrogen-bond acceptors (Lipinski definition) is 4. The lowest BCUT2D eigenvalue weighted by Gasteiger charge is -2.12. The van der Waals surface area contributed by atoms with Crippen LogP contribution in [0.4, 0.5) is 0 Å². The molecule has 5 nitrogen and oxygen atoms in total. The van der Waals surface area contributed by atoms with E-state index in [1.54, 1.807) is 18.3 Å². The van der Waals surface area contributed by atoms with Gasteiger partial charge in [-0.25, -0.2) is 4.79 Å². The van der Waals surface area contributed by atoms with Crippen LogP contribution in [0.25, 0.3) is 0 Å². The van der Waals surface area contributed by atoms with Crippen molar-refractivity contribution in [1.82, 2.24) is 9.78 Å². The largest absolute Gasteiger partial charge is 0.457 e. The Balaban J connectivity index is 1.38. The summed E-state index contributed by atoms with van der Waals surface area (Å²) in [5, 5.41) is 4.18. The van der Waals surface area contributed by atoms with E-state index in [4.69, 9.17) is 9.47 Å². The quantitative estimate of drug-likeness (QED) is 0.417. The molecular formula is C24H20N2O3. The Morgan fingerprint density at radius 2 is 1.62 bits per heavy atom. The molecule has 0 saturated carbocycles. The molecule has 0 amide bonds. The Morgan fingerprint density at radius 1 is 0.862 bits per heavy atom. The van der Waals surface area contributed by atoms with Gasteiger partial charge in [-0.05, 0) is 42.0 Å². The zero-order valence-electron chi connectivity index (χ0n) is 15.8. The number of carbonyl (C=O) groups excluding carboxylic acids is 1. The molecule has 0 spiro atoms. The summed E-state index contributed by atoms with van der Waals surface area (Å²) < 4.78 is 13.2. The van der Waals surface area contributed by atoms with Crippen molar-refractivity contribution >= 4 is 5.97 Å². The predicted molar refractivity (Wildman–Crippen MR) is 110 cm³/mol. The fourth-order valence-electron chi connectivity index (χ4n) is 2.89. The number of esters is 1. The molecule has 3 aromatic carbocycles. The van der Waals surface area contributed by atoms with Crippen LogP contribution in [0.1, 0.15) is 21.5 Å². The summed E-state index contributed by atoms with van der Waals surface area (Å²) >= 11 is 0. The number of para-hydroxylation sites is 2. The molecule has 4 rings (SSSR count). The Kier molecular flexibility index (Phi) is 5.67. The third-order valence-corrected chi connectivity index (χ3v) is 4.40. The van der Waals surface area contributed by atoms with Crippen molar-refractivity contribution in [2.75, 3.05) is 0 Å². The van der Waals surface area contributed by atoms with Gasteiger partial charge in [0.1, 0.15) is 18.1 Å². The van der Waals surface area contributed by atoms with Gasteiger partial charge in [0.2, 0.25) is 0 Å². The van der Waals surface area contributed by atoms with E-state index >= 15 is 0 Å². The first-order valence-electron chi connectivity index (χ1n) is 9.32. The maximum atomic E-state index is 12.4. The second kappa shape index (κ2) is 8.89. The molecule has 4 aromatic rings. The molecule has 0 radical (unpaired) electrons. The molecule has 1 aromatic heterocycles. The molecule has 29 heavy (non-hydrogen) atoms. The van der Waals surface area contributed by atoms with Gasteiger partial charge in [-0.15, -0.1) is 0 Å². The topological polar surface area (TPSA) is 53.4 Å². The Hall–Kier alpha value is -3.86. The molecule has 0 fully saturated rings. The highest BCUT2D eigenvalue weighted by Gasteiger charge is 2.10.